The molecule has 1 aliphatic heterocycles. The van der Waals surface area contributed by atoms with Gasteiger partial charge in [0.2, 0.25) is 5.89 Å². The van der Waals surface area contributed by atoms with E-state index in [2.05, 4.69) is 16.5 Å². The van der Waals surface area contributed by atoms with Gasteiger partial charge in [-0.05, 0) is 12.8 Å². The maximum atomic E-state index is 12.2. The summed E-state index contributed by atoms with van der Waals surface area (Å²) in [7, 11) is 0. The monoisotopic (exact) mass is 231 g/mol. The molecule has 88 valence electrons. The minimum absolute atomic E-state index is 0.0798. The van der Waals surface area contributed by atoms with E-state index in [1.54, 1.807) is 10.6 Å². The summed E-state index contributed by atoms with van der Waals surface area (Å²) >= 11 is 0. The van der Waals surface area contributed by atoms with Gasteiger partial charge in [-0.25, -0.2) is 4.98 Å². The van der Waals surface area contributed by atoms with Gasteiger partial charge in [0.15, 0.2) is 5.52 Å². The highest BCUT2D eigenvalue weighted by molar-refractivity contribution is 5.66. The van der Waals surface area contributed by atoms with E-state index in [4.69, 9.17) is 4.42 Å². The summed E-state index contributed by atoms with van der Waals surface area (Å²) in [5.41, 5.74) is 0.622. The second kappa shape index (κ2) is 3.84. The summed E-state index contributed by atoms with van der Waals surface area (Å²) in [4.78, 5) is 20.7. The standard InChI is InChI=1S/C12H13N3O2/c1-2-5-9-14-10-11(17-9)13-8-6-3-4-7-15(8)12(10)16/h2H,1,3-7H2. The van der Waals surface area contributed by atoms with E-state index in [9.17, 15) is 4.79 Å². The Balaban J connectivity index is 2.25. The Morgan fingerprint density at radius 1 is 1.41 bits per heavy atom. The highest BCUT2D eigenvalue weighted by Crippen LogP contribution is 2.15. The normalized spacial score (nSPS) is 14.8. The smallest absolute Gasteiger partial charge is 0.283 e. The van der Waals surface area contributed by atoms with E-state index in [1.807, 2.05) is 0 Å². The largest absolute Gasteiger partial charge is 0.422 e. The predicted molar refractivity (Wildman–Crippen MR) is 62.9 cm³/mol. The van der Waals surface area contributed by atoms with Crippen molar-refractivity contribution in [3.63, 3.8) is 0 Å². The summed E-state index contributed by atoms with van der Waals surface area (Å²) < 4.78 is 7.16. The lowest BCUT2D eigenvalue weighted by Gasteiger charge is -2.15. The van der Waals surface area contributed by atoms with Crippen LogP contribution in [0.2, 0.25) is 0 Å². The van der Waals surface area contributed by atoms with Crippen LogP contribution in [0.3, 0.4) is 0 Å². The highest BCUT2D eigenvalue weighted by atomic mass is 16.4. The zero-order valence-corrected chi connectivity index (χ0v) is 9.48. The van der Waals surface area contributed by atoms with Gasteiger partial charge in [-0.1, -0.05) is 6.08 Å². The van der Waals surface area contributed by atoms with Crippen LogP contribution in [0.4, 0.5) is 0 Å². The first-order valence-corrected chi connectivity index (χ1v) is 5.79. The second-order valence-electron chi connectivity index (χ2n) is 4.20. The van der Waals surface area contributed by atoms with Gasteiger partial charge in [-0.15, -0.1) is 6.58 Å². The molecule has 17 heavy (non-hydrogen) atoms. The van der Waals surface area contributed by atoms with E-state index in [1.165, 1.54) is 0 Å². The van der Waals surface area contributed by atoms with E-state index in [0.717, 1.165) is 31.6 Å². The summed E-state index contributed by atoms with van der Waals surface area (Å²) in [5.74, 6) is 1.32. The van der Waals surface area contributed by atoms with Gasteiger partial charge < -0.3 is 4.42 Å². The number of oxazole rings is 1. The van der Waals surface area contributed by atoms with Crippen LogP contribution >= 0.6 is 0 Å². The molecule has 3 rings (SSSR count). The first kappa shape index (κ1) is 10.3. The second-order valence-corrected chi connectivity index (χ2v) is 4.20. The third-order valence-corrected chi connectivity index (χ3v) is 2.99. The van der Waals surface area contributed by atoms with E-state index < -0.39 is 0 Å². The summed E-state index contributed by atoms with van der Waals surface area (Å²) in [6.07, 6.45) is 5.15. The molecule has 0 N–H and O–H groups in total. The highest BCUT2D eigenvalue weighted by Gasteiger charge is 2.18. The van der Waals surface area contributed by atoms with Crippen molar-refractivity contribution in [2.75, 3.05) is 0 Å². The Labute approximate surface area is 97.8 Å². The molecule has 0 spiro atoms. The lowest BCUT2D eigenvalue weighted by atomic mass is 10.1. The SMILES string of the molecule is C=CCc1nc2c(=O)n3c(nc2o1)CCCC3. The number of allylic oxidation sites excluding steroid dienone is 1. The summed E-state index contributed by atoms with van der Waals surface area (Å²) in [6.45, 7) is 4.36. The van der Waals surface area contributed by atoms with E-state index >= 15 is 0 Å². The van der Waals surface area contributed by atoms with Crippen LogP contribution in [-0.4, -0.2) is 14.5 Å². The van der Waals surface area contributed by atoms with Crippen molar-refractivity contribution >= 4 is 11.2 Å². The molecule has 0 unspecified atom stereocenters. The van der Waals surface area contributed by atoms with Gasteiger partial charge in [-0.2, -0.15) is 4.98 Å². The molecule has 5 nitrogen and oxygen atoms in total. The minimum atomic E-state index is -0.0798. The number of aromatic nitrogens is 3. The van der Waals surface area contributed by atoms with Crippen LogP contribution in [-0.2, 0) is 19.4 Å². The molecule has 0 aromatic carbocycles. The van der Waals surface area contributed by atoms with Crippen molar-refractivity contribution < 1.29 is 4.42 Å². The molecule has 2 aromatic heterocycles. The van der Waals surface area contributed by atoms with E-state index in [0.29, 0.717) is 23.5 Å². The molecule has 0 amide bonds. The van der Waals surface area contributed by atoms with Crippen molar-refractivity contribution in [2.45, 2.75) is 32.2 Å². The Morgan fingerprint density at radius 2 is 2.29 bits per heavy atom. The third-order valence-electron chi connectivity index (χ3n) is 2.99. The van der Waals surface area contributed by atoms with Crippen LogP contribution in [0.1, 0.15) is 24.6 Å². The lowest BCUT2D eigenvalue weighted by molar-refractivity contribution is 0.489. The van der Waals surface area contributed by atoms with Gasteiger partial charge in [0.1, 0.15) is 5.82 Å². The molecule has 0 aliphatic carbocycles. The minimum Gasteiger partial charge on any atom is -0.422 e. The average molecular weight is 231 g/mol. The topological polar surface area (TPSA) is 60.9 Å². The number of hydrogen-bond donors (Lipinski definition) is 0. The van der Waals surface area contributed by atoms with Crippen molar-refractivity contribution in [1.82, 2.24) is 14.5 Å². The van der Waals surface area contributed by atoms with E-state index in [-0.39, 0.29) is 5.56 Å². The zero-order chi connectivity index (χ0) is 11.8. The zero-order valence-electron chi connectivity index (χ0n) is 9.48. The molecule has 5 heteroatoms. The molecule has 1 aliphatic rings. The van der Waals surface area contributed by atoms with Gasteiger partial charge in [0, 0.05) is 19.4 Å². The summed E-state index contributed by atoms with van der Waals surface area (Å²) in [6, 6.07) is 0. The molecule has 2 aromatic rings. The van der Waals surface area contributed by atoms with Gasteiger partial charge >= 0.3 is 0 Å². The summed E-state index contributed by atoms with van der Waals surface area (Å²) in [5, 5.41) is 0. The fourth-order valence-electron chi connectivity index (χ4n) is 2.18. The Kier molecular flexibility index (Phi) is 2.31. The van der Waals surface area contributed by atoms with Crippen LogP contribution < -0.4 is 5.56 Å². The molecule has 0 saturated carbocycles. The van der Waals surface area contributed by atoms with Crippen molar-refractivity contribution in [3.05, 3.63) is 34.7 Å². The molecule has 0 atom stereocenters. The maximum absolute atomic E-state index is 12.2. The Hall–Kier alpha value is -1.91. The average Bonchev–Trinajstić information content (AvgIpc) is 2.73. The molecule has 0 radical (unpaired) electrons. The molecule has 0 fully saturated rings. The van der Waals surface area contributed by atoms with Crippen LogP contribution in [0.15, 0.2) is 21.9 Å². The van der Waals surface area contributed by atoms with Crippen LogP contribution in [0, 0.1) is 0 Å². The fraction of sp³-hybridized carbons (Fsp3) is 0.417. The number of aryl methyl sites for hydroxylation is 1. The van der Waals surface area contributed by atoms with Crippen molar-refractivity contribution in [1.29, 1.82) is 0 Å². The number of rotatable bonds is 2. The Morgan fingerprint density at radius 3 is 3.12 bits per heavy atom. The molecular weight excluding hydrogens is 218 g/mol. The lowest BCUT2D eigenvalue weighted by Crippen LogP contribution is -2.28. The number of hydrogen-bond acceptors (Lipinski definition) is 4. The Bertz CT molecular complexity index is 639. The molecule has 3 heterocycles. The maximum Gasteiger partial charge on any atom is 0.283 e. The first-order valence-electron chi connectivity index (χ1n) is 5.79. The van der Waals surface area contributed by atoms with Crippen LogP contribution in [0.25, 0.3) is 11.2 Å². The number of fused-ring (bicyclic) bond motifs is 2. The van der Waals surface area contributed by atoms with Crippen molar-refractivity contribution in [3.8, 4) is 0 Å². The van der Waals surface area contributed by atoms with Crippen LogP contribution in [0.5, 0.6) is 0 Å². The fourth-order valence-corrected chi connectivity index (χ4v) is 2.18. The third kappa shape index (κ3) is 1.58. The molecular formula is C12H13N3O2. The van der Waals surface area contributed by atoms with Gasteiger partial charge in [0.05, 0.1) is 0 Å². The predicted octanol–water partition coefficient (Wildman–Crippen LogP) is 1.45. The van der Waals surface area contributed by atoms with Gasteiger partial charge in [-0.3, -0.25) is 9.36 Å². The number of nitrogens with zero attached hydrogens (tertiary/aromatic N) is 3. The molecule has 0 saturated heterocycles. The van der Waals surface area contributed by atoms with Gasteiger partial charge in [0.25, 0.3) is 11.3 Å². The van der Waals surface area contributed by atoms with Crippen molar-refractivity contribution in [2.24, 2.45) is 0 Å². The quantitative estimate of drug-likeness (QED) is 0.734. The first-order chi connectivity index (χ1) is 8.29. The molecule has 0 bridgehead atoms.